The van der Waals surface area contributed by atoms with Crippen molar-refractivity contribution in [1.82, 2.24) is 4.90 Å². The predicted octanol–water partition coefficient (Wildman–Crippen LogP) is 0.555. The molecule has 0 aromatic rings. The fraction of sp³-hybridized carbons (Fsp3) is 0.714. The van der Waals surface area contributed by atoms with Crippen molar-refractivity contribution < 1.29 is 0 Å². The van der Waals surface area contributed by atoms with Crippen molar-refractivity contribution in [3.63, 3.8) is 0 Å². The molecule has 0 atom stereocenters. The molecule has 2 nitrogen and oxygen atoms in total. The van der Waals surface area contributed by atoms with E-state index in [2.05, 4.69) is 18.7 Å². The lowest BCUT2D eigenvalue weighted by Gasteiger charge is -2.10. The molecule has 0 aliphatic carbocycles. The lowest BCUT2D eigenvalue weighted by atomic mass is 10.2. The van der Waals surface area contributed by atoms with Gasteiger partial charge in [0.2, 0.25) is 0 Å². The third-order valence-corrected chi connectivity index (χ3v) is 1.91. The summed E-state index contributed by atoms with van der Waals surface area (Å²) in [6, 6.07) is 0. The molecule has 2 N–H and O–H groups in total. The van der Waals surface area contributed by atoms with Crippen LogP contribution in [-0.2, 0) is 0 Å². The average molecular weight is 126 g/mol. The maximum atomic E-state index is 5.46. The van der Waals surface area contributed by atoms with Crippen LogP contribution in [0.25, 0.3) is 0 Å². The van der Waals surface area contributed by atoms with Crippen LogP contribution >= 0.6 is 0 Å². The minimum atomic E-state index is 0.689. The molecule has 0 saturated carbocycles. The highest BCUT2D eigenvalue weighted by Gasteiger charge is 2.13. The van der Waals surface area contributed by atoms with Gasteiger partial charge < -0.3 is 5.73 Å². The lowest BCUT2D eigenvalue weighted by molar-refractivity contribution is 0.356. The van der Waals surface area contributed by atoms with E-state index in [1.165, 1.54) is 11.1 Å². The molecule has 9 heavy (non-hydrogen) atoms. The minimum absolute atomic E-state index is 0.689. The summed E-state index contributed by atoms with van der Waals surface area (Å²) in [5, 5.41) is 0. The highest BCUT2D eigenvalue weighted by molar-refractivity contribution is 5.18. The van der Waals surface area contributed by atoms with Crippen molar-refractivity contribution in [2.75, 3.05) is 19.8 Å². The average Bonchev–Trinajstić information content (AvgIpc) is 2.13. The molecule has 0 fully saturated rings. The minimum Gasteiger partial charge on any atom is -0.318 e. The van der Waals surface area contributed by atoms with Gasteiger partial charge in [-0.2, -0.15) is 0 Å². The van der Waals surface area contributed by atoms with E-state index in [9.17, 15) is 0 Å². The zero-order valence-corrected chi connectivity index (χ0v) is 6.15. The molecular formula is C7H14N2. The summed E-state index contributed by atoms with van der Waals surface area (Å²) in [6.45, 7) is 7.18. The monoisotopic (exact) mass is 126 g/mol. The summed E-state index contributed by atoms with van der Waals surface area (Å²) in [4.78, 5) is 2.23. The first-order valence-corrected chi connectivity index (χ1v) is 3.31. The molecular weight excluding hydrogens is 112 g/mol. The van der Waals surface area contributed by atoms with Crippen LogP contribution < -0.4 is 5.73 Å². The molecule has 0 unspecified atom stereocenters. The van der Waals surface area contributed by atoms with Crippen LogP contribution in [0.5, 0.6) is 0 Å². The zero-order valence-electron chi connectivity index (χ0n) is 6.15. The van der Waals surface area contributed by atoms with Crippen LogP contribution in [0.4, 0.5) is 0 Å². The van der Waals surface area contributed by atoms with Crippen molar-refractivity contribution in [3.8, 4) is 0 Å². The SMILES string of the molecule is CC1=C(C)CN(CN)C1. The second kappa shape index (κ2) is 2.50. The highest BCUT2D eigenvalue weighted by atomic mass is 15.2. The first-order valence-electron chi connectivity index (χ1n) is 3.31. The summed E-state index contributed by atoms with van der Waals surface area (Å²) in [5.74, 6) is 0. The maximum Gasteiger partial charge on any atom is 0.0461 e. The quantitative estimate of drug-likeness (QED) is 0.520. The Bertz CT molecular complexity index is 124. The maximum absolute atomic E-state index is 5.46. The van der Waals surface area contributed by atoms with Gasteiger partial charge in [-0.3, -0.25) is 4.90 Å². The summed E-state index contributed by atoms with van der Waals surface area (Å²) in [7, 11) is 0. The highest BCUT2D eigenvalue weighted by Crippen LogP contribution is 2.13. The molecule has 0 aromatic carbocycles. The van der Waals surface area contributed by atoms with Crippen molar-refractivity contribution in [2.24, 2.45) is 5.73 Å². The first kappa shape index (κ1) is 6.78. The van der Waals surface area contributed by atoms with E-state index in [1.54, 1.807) is 0 Å². The largest absolute Gasteiger partial charge is 0.318 e. The Balaban J connectivity index is 2.48. The van der Waals surface area contributed by atoms with Crippen LogP contribution in [0, 0.1) is 0 Å². The van der Waals surface area contributed by atoms with Crippen LogP contribution in [0.1, 0.15) is 13.8 Å². The van der Waals surface area contributed by atoms with E-state index >= 15 is 0 Å². The smallest absolute Gasteiger partial charge is 0.0461 e. The molecule has 0 amide bonds. The fourth-order valence-electron chi connectivity index (χ4n) is 1.13. The number of hydrogen-bond donors (Lipinski definition) is 1. The van der Waals surface area contributed by atoms with Gasteiger partial charge in [-0.05, 0) is 13.8 Å². The number of nitrogens with two attached hydrogens (primary N) is 1. The molecule has 1 heterocycles. The van der Waals surface area contributed by atoms with Crippen molar-refractivity contribution in [2.45, 2.75) is 13.8 Å². The van der Waals surface area contributed by atoms with Gasteiger partial charge in [0.05, 0.1) is 0 Å². The van der Waals surface area contributed by atoms with E-state index in [4.69, 9.17) is 5.73 Å². The third kappa shape index (κ3) is 1.32. The summed E-state index contributed by atoms with van der Waals surface area (Å²) >= 11 is 0. The van der Waals surface area contributed by atoms with Gasteiger partial charge in [0.15, 0.2) is 0 Å². The number of nitrogens with zero attached hydrogens (tertiary/aromatic N) is 1. The lowest BCUT2D eigenvalue weighted by Crippen LogP contribution is -2.27. The third-order valence-electron chi connectivity index (χ3n) is 1.91. The standard InChI is InChI=1S/C7H14N2/c1-6-3-9(5-8)4-7(6)2/h3-5,8H2,1-2H3. The Morgan fingerprint density at radius 3 is 2.00 bits per heavy atom. The normalized spacial score (nSPS) is 21.7. The van der Waals surface area contributed by atoms with E-state index < -0.39 is 0 Å². The van der Waals surface area contributed by atoms with Crippen LogP contribution in [-0.4, -0.2) is 24.7 Å². The topological polar surface area (TPSA) is 29.3 Å². The van der Waals surface area contributed by atoms with Gasteiger partial charge in [0.25, 0.3) is 0 Å². The number of hydrogen-bond acceptors (Lipinski definition) is 2. The van der Waals surface area contributed by atoms with Gasteiger partial charge in [-0.1, -0.05) is 11.1 Å². The molecule has 0 radical (unpaired) electrons. The molecule has 0 spiro atoms. The van der Waals surface area contributed by atoms with E-state index in [-0.39, 0.29) is 0 Å². The van der Waals surface area contributed by atoms with E-state index in [0.717, 1.165) is 13.1 Å². The fourth-order valence-corrected chi connectivity index (χ4v) is 1.13. The summed E-state index contributed by atoms with van der Waals surface area (Å²) < 4.78 is 0. The van der Waals surface area contributed by atoms with E-state index in [1.807, 2.05) is 0 Å². The summed E-state index contributed by atoms with van der Waals surface area (Å²) in [6.07, 6.45) is 0. The Morgan fingerprint density at radius 1 is 1.33 bits per heavy atom. The molecule has 0 saturated heterocycles. The Labute approximate surface area is 56.3 Å². The van der Waals surface area contributed by atoms with Crippen LogP contribution in [0.15, 0.2) is 11.1 Å². The molecule has 2 heteroatoms. The van der Waals surface area contributed by atoms with Crippen molar-refractivity contribution in [1.29, 1.82) is 0 Å². The first-order chi connectivity index (χ1) is 4.24. The Kier molecular flexibility index (Phi) is 1.88. The van der Waals surface area contributed by atoms with E-state index in [0.29, 0.717) is 6.67 Å². The molecule has 1 rings (SSSR count). The molecule has 52 valence electrons. The second-order valence-electron chi connectivity index (χ2n) is 2.73. The Hall–Kier alpha value is -0.340. The van der Waals surface area contributed by atoms with Gasteiger partial charge in [0, 0.05) is 19.8 Å². The van der Waals surface area contributed by atoms with Crippen molar-refractivity contribution >= 4 is 0 Å². The molecule has 1 aliphatic heterocycles. The second-order valence-corrected chi connectivity index (χ2v) is 2.73. The van der Waals surface area contributed by atoms with Gasteiger partial charge in [0.1, 0.15) is 0 Å². The van der Waals surface area contributed by atoms with Crippen molar-refractivity contribution in [3.05, 3.63) is 11.1 Å². The van der Waals surface area contributed by atoms with Gasteiger partial charge in [-0.15, -0.1) is 0 Å². The molecule has 1 aliphatic rings. The van der Waals surface area contributed by atoms with Gasteiger partial charge >= 0.3 is 0 Å². The predicted molar refractivity (Wildman–Crippen MR) is 39.0 cm³/mol. The zero-order chi connectivity index (χ0) is 6.85. The summed E-state index contributed by atoms with van der Waals surface area (Å²) in [5.41, 5.74) is 8.43. The Morgan fingerprint density at radius 2 is 1.78 bits per heavy atom. The molecule has 0 bridgehead atoms. The number of rotatable bonds is 1. The molecule has 0 aromatic heterocycles. The van der Waals surface area contributed by atoms with Crippen LogP contribution in [0.3, 0.4) is 0 Å². The van der Waals surface area contributed by atoms with Crippen LogP contribution in [0.2, 0.25) is 0 Å². The van der Waals surface area contributed by atoms with Gasteiger partial charge in [-0.25, -0.2) is 0 Å².